The summed E-state index contributed by atoms with van der Waals surface area (Å²) in [5.74, 6) is 1.74. The van der Waals surface area contributed by atoms with E-state index in [-0.39, 0.29) is 0 Å². The quantitative estimate of drug-likeness (QED) is 0.520. The van der Waals surface area contributed by atoms with Gasteiger partial charge in [-0.05, 0) is 35.4 Å². The molecule has 3 aromatic rings. The maximum atomic E-state index is 5.40. The zero-order chi connectivity index (χ0) is 20.8. The third kappa shape index (κ3) is 5.30. The fraction of sp³-hybridized carbons (Fsp3) is 0.348. The van der Waals surface area contributed by atoms with Crippen molar-refractivity contribution in [2.45, 2.75) is 25.7 Å². The van der Waals surface area contributed by atoms with E-state index in [0.29, 0.717) is 6.04 Å². The van der Waals surface area contributed by atoms with Gasteiger partial charge in [-0.2, -0.15) is 0 Å². The smallest absolute Gasteiger partial charge is 0.186 e. The molecule has 1 aliphatic rings. The van der Waals surface area contributed by atoms with Crippen LogP contribution in [0, 0.1) is 0 Å². The molecule has 7 heteroatoms. The van der Waals surface area contributed by atoms with Gasteiger partial charge < -0.3 is 25.0 Å². The molecule has 30 heavy (non-hydrogen) atoms. The van der Waals surface area contributed by atoms with E-state index in [1.54, 1.807) is 25.6 Å². The van der Waals surface area contributed by atoms with Gasteiger partial charge in [0.2, 0.25) is 0 Å². The summed E-state index contributed by atoms with van der Waals surface area (Å²) in [7, 11) is 3.40. The third-order valence-electron chi connectivity index (χ3n) is 5.18. The summed E-state index contributed by atoms with van der Waals surface area (Å²) < 4.78 is 10.8. The van der Waals surface area contributed by atoms with Crippen molar-refractivity contribution in [1.82, 2.24) is 15.6 Å². The van der Waals surface area contributed by atoms with E-state index in [1.807, 2.05) is 24.3 Å². The molecule has 0 saturated carbocycles. The Kier molecular flexibility index (Phi) is 6.84. The molecular formula is C23H28N4O2S. The first-order chi connectivity index (χ1) is 14.7. The molecule has 4 rings (SSSR count). The fourth-order valence-electron chi connectivity index (χ4n) is 3.38. The second-order valence-corrected chi connectivity index (χ2v) is 8.25. The van der Waals surface area contributed by atoms with Gasteiger partial charge in [-0.3, -0.25) is 0 Å². The number of anilines is 1. The van der Waals surface area contributed by atoms with Crippen LogP contribution in [0.5, 0.6) is 11.5 Å². The average molecular weight is 425 g/mol. The van der Waals surface area contributed by atoms with Crippen molar-refractivity contribution in [1.29, 1.82) is 0 Å². The van der Waals surface area contributed by atoms with Gasteiger partial charge >= 0.3 is 0 Å². The van der Waals surface area contributed by atoms with Crippen LogP contribution < -0.4 is 25.0 Å². The van der Waals surface area contributed by atoms with Gasteiger partial charge in [-0.15, -0.1) is 11.3 Å². The Morgan fingerprint density at radius 2 is 1.67 bits per heavy atom. The number of hydrogen-bond acceptors (Lipinski definition) is 7. The lowest BCUT2D eigenvalue weighted by Crippen LogP contribution is -2.55. The highest BCUT2D eigenvalue weighted by Gasteiger charge is 2.17. The van der Waals surface area contributed by atoms with Gasteiger partial charge in [0.05, 0.1) is 19.9 Å². The maximum absolute atomic E-state index is 5.40. The zero-order valence-electron chi connectivity index (χ0n) is 17.4. The Morgan fingerprint density at radius 3 is 2.20 bits per heavy atom. The molecule has 1 saturated heterocycles. The molecule has 0 amide bonds. The summed E-state index contributed by atoms with van der Waals surface area (Å²) in [6, 6.07) is 17.0. The first-order valence-corrected chi connectivity index (χ1v) is 11.0. The van der Waals surface area contributed by atoms with E-state index in [9.17, 15) is 0 Å². The highest BCUT2D eigenvalue weighted by Crippen LogP contribution is 2.26. The van der Waals surface area contributed by atoms with Crippen LogP contribution in [-0.2, 0) is 19.6 Å². The molecule has 0 spiro atoms. The number of benzene rings is 2. The Balaban J connectivity index is 1.53. The Morgan fingerprint density at radius 1 is 1.03 bits per heavy atom. The molecule has 0 bridgehead atoms. The lowest BCUT2D eigenvalue weighted by molar-refractivity contribution is 0.364. The summed E-state index contributed by atoms with van der Waals surface area (Å²) in [4.78, 5) is 7.23. The van der Waals surface area contributed by atoms with Gasteiger partial charge in [0.25, 0.3) is 0 Å². The van der Waals surface area contributed by atoms with Crippen LogP contribution in [0.2, 0.25) is 0 Å². The van der Waals surface area contributed by atoms with Crippen LogP contribution in [0.4, 0.5) is 5.13 Å². The van der Waals surface area contributed by atoms with Crippen molar-refractivity contribution < 1.29 is 9.47 Å². The molecule has 6 nitrogen and oxygen atoms in total. The SMILES string of the molecule is COc1cccc(CN(Cc2cccc(OC)c2)c2nc(CNC3CNC3)cs2)c1. The molecule has 0 atom stereocenters. The van der Waals surface area contributed by atoms with E-state index in [1.165, 1.54) is 11.1 Å². The van der Waals surface area contributed by atoms with Gasteiger partial charge in [0, 0.05) is 44.1 Å². The lowest BCUT2D eigenvalue weighted by atomic mass is 10.1. The summed E-state index contributed by atoms with van der Waals surface area (Å²) >= 11 is 1.69. The average Bonchev–Trinajstić information content (AvgIpc) is 3.21. The second kappa shape index (κ2) is 9.93. The van der Waals surface area contributed by atoms with Crippen molar-refractivity contribution >= 4 is 16.5 Å². The first kappa shape index (κ1) is 20.7. The Hall–Kier alpha value is -2.61. The largest absolute Gasteiger partial charge is 0.497 e. The minimum absolute atomic E-state index is 0.555. The standard InChI is InChI=1S/C23H28N4O2S/c1-28-21-7-3-5-17(9-21)14-27(15-18-6-4-8-22(10-18)29-2)23-26-20(16-30-23)13-25-19-11-24-12-19/h3-10,16,19,24-25H,11-15H2,1-2H3. The number of aromatic nitrogens is 1. The highest BCUT2D eigenvalue weighted by molar-refractivity contribution is 7.13. The van der Waals surface area contributed by atoms with Crippen molar-refractivity contribution in [2.24, 2.45) is 0 Å². The number of hydrogen-bond donors (Lipinski definition) is 2. The molecular weight excluding hydrogens is 396 g/mol. The molecule has 2 N–H and O–H groups in total. The molecule has 1 aliphatic heterocycles. The van der Waals surface area contributed by atoms with E-state index in [0.717, 1.165) is 55.0 Å². The Labute approximate surface area is 181 Å². The van der Waals surface area contributed by atoms with E-state index in [4.69, 9.17) is 14.5 Å². The predicted octanol–water partition coefficient (Wildman–Crippen LogP) is 3.43. The van der Waals surface area contributed by atoms with Gasteiger partial charge in [0.1, 0.15) is 11.5 Å². The summed E-state index contributed by atoms with van der Waals surface area (Å²) in [6.07, 6.45) is 0. The van der Waals surface area contributed by atoms with Gasteiger partial charge in [-0.25, -0.2) is 4.98 Å². The monoisotopic (exact) mass is 424 g/mol. The predicted molar refractivity (Wildman–Crippen MR) is 121 cm³/mol. The molecule has 2 aromatic carbocycles. The lowest BCUT2D eigenvalue weighted by Gasteiger charge is -2.27. The van der Waals surface area contributed by atoms with Gasteiger partial charge in [-0.1, -0.05) is 24.3 Å². The molecule has 1 fully saturated rings. The zero-order valence-corrected chi connectivity index (χ0v) is 18.2. The number of thiazole rings is 1. The molecule has 0 aliphatic carbocycles. The molecule has 0 radical (unpaired) electrons. The van der Waals surface area contributed by atoms with Crippen LogP contribution in [0.3, 0.4) is 0 Å². The maximum Gasteiger partial charge on any atom is 0.186 e. The highest BCUT2D eigenvalue weighted by atomic mass is 32.1. The number of ether oxygens (including phenoxy) is 2. The van der Waals surface area contributed by atoms with E-state index < -0.39 is 0 Å². The number of rotatable bonds is 10. The molecule has 2 heterocycles. The summed E-state index contributed by atoms with van der Waals surface area (Å²) in [6.45, 7) is 4.38. The number of methoxy groups -OCH3 is 2. The van der Waals surface area contributed by atoms with Crippen molar-refractivity contribution in [3.8, 4) is 11.5 Å². The summed E-state index contributed by atoms with van der Waals surface area (Å²) in [5, 5.41) is 10.0. The normalized spacial score (nSPS) is 13.7. The molecule has 1 aromatic heterocycles. The number of nitrogens with zero attached hydrogens (tertiary/aromatic N) is 2. The molecule has 0 unspecified atom stereocenters. The van der Waals surface area contributed by atoms with Gasteiger partial charge in [0.15, 0.2) is 5.13 Å². The van der Waals surface area contributed by atoms with Crippen LogP contribution >= 0.6 is 11.3 Å². The van der Waals surface area contributed by atoms with Crippen LogP contribution in [0.25, 0.3) is 0 Å². The minimum Gasteiger partial charge on any atom is -0.497 e. The fourth-order valence-corrected chi connectivity index (χ4v) is 4.20. The second-order valence-electron chi connectivity index (χ2n) is 7.42. The third-order valence-corrected chi connectivity index (χ3v) is 6.13. The van der Waals surface area contributed by atoms with E-state index in [2.05, 4.69) is 45.2 Å². The van der Waals surface area contributed by atoms with Crippen LogP contribution in [-0.4, -0.2) is 38.3 Å². The van der Waals surface area contributed by atoms with Crippen molar-refractivity contribution in [3.05, 3.63) is 70.7 Å². The van der Waals surface area contributed by atoms with Crippen LogP contribution in [0.15, 0.2) is 53.9 Å². The van der Waals surface area contributed by atoms with Crippen molar-refractivity contribution in [3.63, 3.8) is 0 Å². The minimum atomic E-state index is 0.555. The molecule has 158 valence electrons. The number of nitrogens with one attached hydrogen (secondary N) is 2. The summed E-state index contributed by atoms with van der Waals surface area (Å²) in [5.41, 5.74) is 3.46. The Bertz CT molecular complexity index is 908. The van der Waals surface area contributed by atoms with Crippen LogP contribution in [0.1, 0.15) is 16.8 Å². The first-order valence-electron chi connectivity index (χ1n) is 10.1. The van der Waals surface area contributed by atoms with Crippen molar-refractivity contribution in [2.75, 3.05) is 32.2 Å². The topological polar surface area (TPSA) is 58.7 Å². The van der Waals surface area contributed by atoms with E-state index >= 15 is 0 Å².